The highest BCUT2D eigenvalue weighted by Crippen LogP contribution is 2.34. The lowest BCUT2D eigenvalue weighted by Crippen LogP contribution is -2.23. The van der Waals surface area contributed by atoms with E-state index in [2.05, 4.69) is 4.72 Å². The van der Waals surface area contributed by atoms with Crippen molar-refractivity contribution in [3.05, 3.63) is 47.5 Å². The largest absolute Gasteiger partial charge is 0.398 e. The Labute approximate surface area is 133 Å². The first kappa shape index (κ1) is 16.2. The van der Waals surface area contributed by atoms with Gasteiger partial charge in [0.05, 0.1) is 4.90 Å². The predicted molar refractivity (Wildman–Crippen MR) is 87.3 cm³/mol. The van der Waals surface area contributed by atoms with Crippen LogP contribution in [0.1, 0.15) is 6.92 Å². The van der Waals surface area contributed by atoms with Gasteiger partial charge in [-0.2, -0.15) is 0 Å². The zero-order chi connectivity index (χ0) is 15.5. The van der Waals surface area contributed by atoms with Crippen LogP contribution < -0.4 is 10.5 Å². The number of anilines is 1. The van der Waals surface area contributed by atoms with Gasteiger partial charge >= 0.3 is 0 Å². The molecule has 112 valence electrons. The highest BCUT2D eigenvalue weighted by Gasteiger charge is 2.14. The molecule has 2 rings (SSSR count). The second kappa shape index (κ2) is 6.70. The number of rotatable bonds is 5. The second-order valence-corrected chi connectivity index (χ2v) is 7.58. The van der Waals surface area contributed by atoms with E-state index in [1.807, 2.05) is 12.1 Å². The van der Waals surface area contributed by atoms with Crippen LogP contribution in [0.15, 0.2) is 57.2 Å². The molecule has 0 spiro atoms. The molecule has 0 bridgehead atoms. The van der Waals surface area contributed by atoms with E-state index in [-0.39, 0.29) is 4.90 Å². The van der Waals surface area contributed by atoms with Crippen molar-refractivity contribution >= 4 is 39.1 Å². The zero-order valence-corrected chi connectivity index (χ0v) is 13.7. The van der Waals surface area contributed by atoms with Crippen molar-refractivity contribution in [1.82, 2.24) is 4.72 Å². The molecule has 0 aliphatic carbocycles. The quantitative estimate of drug-likeness (QED) is 0.817. The number of nitrogen functional groups attached to an aromatic ring is 1. The van der Waals surface area contributed by atoms with Crippen molar-refractivity contribution in [2.45, 2.75) is 21.6 Å². The third-order valence-corrected chi connectivity index (χ3v) is 5.55. The van der Waals surface area contributed by atoms with Crippen LogP contribution in [0.25, 0.3) is 0 Å². The number of hydrogen-bond donors (Lipinski definition) is 2. The average Bonchev–Trinajstić information content (AvgIpc) is 2.43. The molecule has 0 radical (unpaired) electrons. The predicted octanol–water partition coefficient (Wildman–Crippen LogP) is 3.37. The van der Waals surface area contributed by atoms with Gasteiger partial charge in [0.15, 0.2) is 0 Å². The average molecular weight is 343 g/mol. The van der Waals surface area contributed by atoms with Crippen LogP contribution in [0.2, 0.25) is 5.02 Å². The van der Waals surface area contributed by atoms with Crippen LogP contribution in [-0.4, -0.2) is 15.0 Å². The van der Waals surface area contributed by atoms with E-state index < -0.39 is 10.0 Å². The van der Waals surface area contributed by atoms with E-state index in [1.54, 1.807) is 31.2 Å². The molecule has 0 amide bonds. The number of hydrogen-bond acceptors (Lipinski definition) is 4. The van der Waals surface area contributed by atoms with E-state index in [0.29, 0.717) is 22.2 Å². The summed E-state index contributed by atoms with van der Waals surface area (Å²) in [5.41, 5.74) is 6.46. The Balaban J connectivity index is 2.33. The first-order chi connectivity index (χ1) is 9.92. The standard InChI is InChI=1S/C14H15ClN2O2S2/c1-2-17-21(18,19)12-7-8-13(16)14(9-12)20-11-5-3-10(15)4-6-11/h3-9,17H,2,16H2,1H3. The molecule has 0 unspecified atom stereocenters. The van der Waals surface area contributed by atoms with Crippen molar-refractivity contribution in [3.8, 4) is 0 Å². The Morgan fingerprint density at radius 3 is 2.48 bits per heavy atom. The van der Waals surface area contributed by atoms with Gasteiger partial charge in [0.25, 0.3) is 0 Å². The van der Waals surface area contributed by atoms with Crippen molar-refractivity contribution in [2.75, 3.05) is 12.3 Å². The van der Waals surface area contributed by atoms with E-state index >= 15 is 0 Å². The molecular weight excluding hydrogens is 328 g/mol. The second-order valence-electron chi connectivity index (χ2n) is 4.26. The Kier molecular flexibility index (Phi) is 5.16. The fourth-order valence-electron chi connectivity index (χ4n) is 1.67. The van der Waals surface area contributed by atoms with E-state index in [4.69, 9.17) is 17.3 Å². The molecule has 2 aromatic carbocycles. The summed E-state index contributed by atoms with van der Waals surface area (Å²) in [5, 5.41) is 0.649. The van der Waals surface area contributed by atoms with E-state index in [1.165, 1.54) is 17.8 Å². The van der Waals surface area contributed by atoms with Gasteiger partial charge < -0.3 is 5.73 Å². The number of sulfonamides is 1. The molecule has 0 aliphatic heterocycles. The summed E-state index contributed by atoms with van der Waals surface area (Å²) in [7, 11) is -3.49. The lowest BCUT2D eigenvalue weighted by Gasteiger charge is -2.09. The summed E-state index contributed by atoms with van der Waals surface area (Å²) in [5.74, 6) is 0. The molecule has 0 aromatic heterocycles. The van der Waals surface area contributed by atoms with Gasteiger partial charge in [-0.1, -0.05) is 30.3 Å². The maximum Gasteiger partial charge on any atom is 0.240 e. The summed E-state index contributed by atoms with van der Waals surface area (Å²) in [6.45, 7) is 2.07. The van der Waals surface area contributed by atoms with Crippen LogP contribution in [0, 0.1) is 0 Å². The molecule has 3 N–H and O–H groups in total. The topological polar surface area (TPSA) is 72.2 Å². The van der Waals surface area contributed by atoms with Gasteiger partial charge in [-0.05, 0) is 42.5 Å². The molecule has 0 aliphatic rings. The Bertz CT molecular complexity index is 731. The SMILES string of the molecule is CCNS(=O)(=O)c1ccc(N)c(Sc2ccc(Cl)cc2)c1. The van der Waals surface area contributed by atoms with Gasteiger partial charge in [-0.15, -0.1) is 0 Å². The number of nitrogens with two attached hydrogens (primary N) is 1. The first-order valence-electron chi connectivity index (χ1n) is 6.25. The van der Waals surface area contributed by atoms with Crippen LogP contribution in [0.3, 0.4) is 0 Å². The summed E-state index contributed by atoms with van der Waals surface area (Å²) in [6.07, 6.45) is 0. The van der Waals surface area contributed by atoms with Crippen molar-refractivity contribution in [1.29, 1.82) is 0 Å². The molecule has 4 nitrogen and oxygen atoms in total. The summed E-state index contributed by atoms with van der Waals surface area (Å²) in [4.78, 5) is 1.83. The normalized spacial score (nSPS) is 11.5. The monoisotopic (exact) mass is 342 g/mol. The third kappa shape index (κ3) is 4.14. The van der Waals surface area contributed by atoms with Gasteiger partial charge in [0.1, 0.15) is 0 Å². The Hall–Kier alpha value is -1.21. The minimum atomic E-state index is -3.49. The van der Waals surface area contributed by atoms with Crippen LogP contribution in [0.4, 0.5) is 5.69 Å². The lowest BCUT2D eigenvalue weighted by molar-refractivity contribution is 0.583. The minimum Gasteiger partial charge on any atom is -0.398 e. The van der Waals surface area contributed by atoms with Crippen molar-refractivity contribution in [3.63, 3.8) is 0 Å². The molecule has 0 saturated carbocycles. The lowest BCUT2D eigenvalue weighted by atomic mass is 10.3. The van der Waals surface area contributed by atoms with Crippen LogP contribution in [0.5, 0.6) is 0 Å². The number of halogens is 1. The third-order valence-electron chi connectivity index (χ3n) is 2.67. The fraction of sp³-hybridized carbons (Fsp3) is 0.143. The van der Waals surface area contributed by atoms with E-state index in [9.17, 15) is 8.42 Å². The number of nitrogens with one attached hydrogen (secondary N) is 1. The van der Waals surface area contributed by atoms with Gasteiger partial charge in [0, 0.05) is 27.0 Å². The molecule has 0 fully saturated rings. The van der Waals surface area contributed by atoms with E-state index in [0.717, 1.165) is 4.90 Å². The maximum atomic E-state index is 12.0. The van der Waals surface area contributed by atoms with Crippen LogP contribution >= 0.6 is 23.4 Å². The van der Waals surface area contributed by atoms with Crippen LogP contribution in [-0.2, 0) is 10.0 Å². The van der Waals surface area contributed by atoms with Gasteiger partial charge in [-0.25, -0.2) is 13.1 Å². The highest BCUT2D eigenvalue weighted by atomic mass is 35.5. The first-order valence-corrected chi connectivity index (χ1v) is 8.93. The number of benzene rings is 2. The molecule has 7 heteroatoms. The summed E-state index contributed by atoms with van der Waals surface area (Å²) in [6, 6.07) is 11.9. The Morgan fingerprint density at radius 2 is 1.86 bits per heavy atom. The molecule has 0 saturated heterocycles. The zero-order valence-electron chi connectivity index (χ0n) is 11.3. The summed E-state index contributed by atoms with van der Waals surface area (Å²) < 4.78 is 26.5. The fourth-order valence-corrected chi connectivity index (χ4v) is 3.84. The van der Waals surface area contributed by atoms with Gasteiger partial charge in [0.2, 0.25) is 10.0 Å². The van der Waals surface area contributed by atoms with Gasteiger partial charge in [-0.3, -0.25) is 0 Å². The molecule has 2 aromatic rings. The molecule has 21 heavy (non-hydrogen) atoms. The minimum absolute atomic E-state index is 0.204. The summed E-state index contributed by atoms with van der Waals surface area (Å²) >= 11 is 7.24. The highest BCUT2D eigenvalue weighted by molar-refractivity contribution is 7.99. The van der Waals surface area contributed by atoms with Crippen molar-refractivity contribution in [2.24, 2.45) is 0 Å². The van der Waals surface area contributed by atoms with Crippen molar-refractivity contribution < 1.29 is 8.42 Å². The smallest absolute Gasteiger partial charge is 0.240 e. The maximum absolute atomic E-state index is 12.0. The molecule has 0 atom stereocenters. The molecular formula is C14H15ClN2O2S2. The molecule has 0 heterocycles. The Morgan fingerprint density at radius 1 is 1.19 bits per heavy atom.